The number of phenolic OH excluding ortho intramolecular Hbond substituents is 1. The van der Waals surface area contributed by atoms with Crippen LogP contribution in [-0.4, -0.2) is 11.7 Å². The molecule has 0 aliphatic carbocycles. The van der Waals surface area contributed by atoms with Crippen LogP contribution in [0.3, 0.4) is 0 Å². The van der Waals surface area contributed by atoms with Crippen LogP contribution in [0, 0.1) is 6.92 Å². The van der Waals surface area contributed by atoms with Crippen LogP contribution in [0.2, 0.25) is 0 Å². The van der Waals surface area contributed by atoms with Crippen molar-refractivity contribution < 1.29 is 5.11 Å². The van der Waals surface area contributed by atoms with Gasteiger partial charge in [0.15, 0.2) is 0 Å². The molecular weight excluding hydrogens is 302 g/mol. The summed E-state index contributed by atoms with van der Waals surface area (Å²) in [5.41, 5.74) is 3.36. The molecule has 0 saturated carbocycles. The lowest BCUT2D eigenvalue weighted by Gasteiger charge is -2.24. The van der Waals surface area contributed by atoms with Crippen molar-refractivity contribution in [3.8, 4) is 5.75 Å². The second-order valence-corrected chi connectivity index (χ2v) is 5.45. The summed E-state index contributed by atoms with van der Waals surface area (Å²) in [5, 5.41) is 10.1. The number of aryl methyl sites for hydroxylation is 1. The van der Waals surface area contributed by atoms with Crippen LogP contribution in [0.15, 0.2) is 46.9 Å². The predicted molar refractivity (Wildman–Crippen MR) is 83.7 cm³/mol. The average molecular weight is 320 g/mol. The van der Waals surface area contributed by atoms with Gasteiger partial charge in [0.05, 0.1) is 4.47 Å². The number of anilines is 1. The number of nitrogens with zero attached hydrogens (tertiary/aromatic N) is 1. The van der Waals surface area contributed by atoms with E-state index in [9.17, 15) is 5.11 Å². The van der Waals surface area contributed by atoms with E-state index in [1.807, 2.05) is 18.2 Å². The summed E-state index contributed by atoms with van der Waals surface area (Å²) in [6, 6.07) is 14.2. The molecule has 3 heteroatoms. The van der Waals surface area contributed by atoms with E-state index >= 15 is 0 Å². The molecule has 0 bridgehead atoms. The molecule has 2 nitrogen and oxygen atoms in total. The van der Waals surface area contributed by atoms with Crippen LogP contribution in [-0.2, 0) is 6.54 Å². The fourth-order valence-electron chi connectivity index (χ4n) is 2.03. The summed E-state index contributed by atoms with van der Waals surface area (Å²) in [5.74, 6) is 0.327. The van der Waals surface area contributed by atoms with Crippen LogP contribution in [0.1, 0.15) is 18.1 Å². The molecule has 0 saturated heterocycles. The number of aromatic hydroxyl groups is 1. The second kappa shape index (κ2) is 6.11. The van der Waals surface area contributed by atoms with Gasteiger partial charge in [0.25, 0.3) is 0 Å². The monoisotopic (exact) mass is 319 g/mol. The van der Waals surface area contributed by atoms with Crippen LogP contribution < -0.4 is 4.90 Å². The maximum atomic E-state index is 10.1. The number of hydrogen-bond acceptors (Lipinski definition) is 2. The molecule has 0 amide bonds. The van der Waals surface area contributed by atoms with Crippen LogP contribution >= 0.6 is 15.9 Å². The van der Waals surface area contributed by atoms with Crippen molar-refractivity contribution in [3.63, 3.8) is 0 Å². The van der Waals surface area contributed by atoms with Gasteiger partial charge in [-0.25, -0.2) is 0 Å². The molecule has 0 fully saturated rings. The van der Waals surface area contributed by atoms with Gasteiger partial charge in [0.1, 0.15) is 5.75 Å². The highest BCUT2D eigenvalue weighted by atomic mass is 79.9. The average Bonchev–Trinajstić information content (AvgIpc) is 2.42. The topological polar surface area (TPSA) is 23.5 Å². The fraction of sp³-hybridized carbons (Fsp3) is 0.250. The zero-order valence-corrected chi connectivity index (χ0v) is 12.8. The van der Waals surface area contributed by atoms with Gasteiger partial charge in [-0.2, -0.15) is 0 Å². The first-order chi connectivity index (χ1) is 9.11. The summed E-state index contributed by atoms with van der Waals surface area (Å²) in [6.07, 6.45) is 0. The molecule has 100 valence electrons. The Morgan fingerprint density at radius 1 is 1.11 bits per heavy atom. The number of hydrogen-bond donors (Lipinski definition) is 1. The molecule has 19 heavy (non-hydrogen) atoms. The zero-order chi connectivity index (χ0) is 13.8. The molecule has 1 N–H and O–H groups in total. The van der Waals surface area contributed by atoms with Crippen molar-refractivity contribution >= 4 is 21.6 Å². The van der Waals surface area contributed by atoms with Gasteiger partial charge < -0.3 is 10.0 Å². The molecule has 2 rings (SSSR count). The lowest BCUT2D eigenvalue weighted by molar-refractivity contribution is 0.464. The van der Waals surface area contributed by atoms with Crippen molar-refractivity contribution in [2.75, 3.05) is 11.4 Å². The first-order valence-electron chi connectivity index (χ1n) is 6.39. The summed E-state index contributed by atoms with van der Waals surface area (Å²) >= 11 is 3.36. The third kappa shape index (κ3) is 3.29. The van der Waals surface area contributed by atoms with E-state index in [1.165, 1.54) is 11.3 Å². The number of halogens is 1. The van der Waals surface area contributed by atoms with E-state index in [2.05, 4.69) is 58.9 Å². The SMILES string of the molecule is CCN(Cc1cccc(Br)c1O)c1ccc(C)cc1. The number of phenols is 1. The van der Waals surface area contributed by atoms with Crippen molar-refractivity contribution in [3.05, 3.63) is 58.1 Å². The smallest absolute Gasteiger partial charge is 0.134 e. The van der Waals surface area contributed by atoms with Crippen molar-refractivity contribution in [2.24, 2.45) is 0 Å². The molecule has 0 radical (unpaired) electrons. The van der Waals surface area contributed by atoms with E-state index < -0.39 is 0 Å². The summed E-state index contributed by atoms with van der Waals surface area (Å²) in [4.78, 5) is 2.24. The molecule has 0 heterocycles. The standard InChI is InChI=1S/C16H18BrNO/c1-3-18(14-9-7-12(2)8-10-14)11-13-5-4-6-15(17)16(13)19/h4-10,19H,3,11H2,1-2H3. The molecule has 0 unspecified atom stereocenters. The maximum absolute atomic E-state index is 10.1. The van der Waals surface area contributed by atoms with E-state index in [1.54, 1.807) is 0 Å². The lowest BCUT2D eigenvalue weighted by Crippen LogP contribution is -2.21. The second-order valence-electron chi connectivity index (χ2n) is 4.60. The Hall–Kier alpha value is -1.48. The van der Waals surface area contributed by atoms with Crippen molar-refractivity contribution in [2.45, 2.75) is 20.4 Å². The Balaban J connectivity index is 2.24. The van der Waals surface area contributed by atoms with Gasteiger partial charge in [0, 0.05) is 24.3 Å². The Morgan fingerprint density at radius 3 is 2.42 bits per heavy atom. The Bertz CT molecular complexity index is 551. The van der Waals surface area contributed by atoms with Gasteiger partial charge >= 0.3 is 0 Å². The first kappa shape index (κ1) is 13.9. The van der Waals surface area contributed by atoms with Gasteiger partial charge in [-0.15, -0.1) is 0 Å². The highest BCUT2D eigenvalue weighted by Gasteiger charge is 2.10. The minimum Gasteiger partial charge on any atom is -0.506 e. The van der Waals surface area contributed by atoms with Crippen LogP contribution in [0.5, 0.6) is 5.75 Å². The molecule has 0 spiro atoms. The molecule has 2 aromatic rings. The van der Waals surface area contributed by atoms with Gasteiger partial charge in [-0.05, 0) is 48.0 Å². The Kier molecular flexibility index (Phi) is 4.48. The quantitative estimate of drug-likeness (QED) is 0.897. The maximum Gasteiger partial charge on any atom is 0.134 e. The van der Waals surface area contributed by atoms with Gasteiger partial charge in [-0.3, -0.25) is 0 Å². The third-order valence-electron chi connectivity index (χ3n) is 3.21. The molecule has 0 aromatic heterocycles. The van der Waals surface area contributed by atoms with Crippen molar-refractivity contribution in [1.29, 1.82) is 0 Å². The Morgan fingerprint density at radius 2 is 1.79 bits per heavy atom. The van der Waals surface area contributed by atoms with Crippen LogP contribution in [0.25, 0.3) is 0 Å². The summed E-state index contributed by atoms with van der Waals surface area (Å²) in [7, 11) is 0. The molecular formula is C16H18BrNO. The lowest BCUT2D eigenvalue weighted by atomic mass is 10.1. The highest BCUT2D eigenvalue weighted by molar-refractivity contribution is 9.10. The number of benzene rings is 2. The molecule has 0 aliphatic rings. The number of rotatable bonds is 4. The van der Waals surface area contributed by atoms with Gasteiger partial charge in [-0.1, -0.05) is 29.8 Å². The van der Waals surface area contributed by atoms with Crippen molar-refractivity contribution in [1.82, 2.24) is 0 Å². The summed E-state index contributed by atoms with van der Waals surface area (Å²) in [6.45, 7) is 5.80. The first-order valence-corrected chi connectivity index (χ1v) is 7.19. The Labute approximate surface area is 122 Å². The van der Waals surface area contributed by atoms with E-state index in [0.717, 1.165) is 16.6 Å². The summed E-state index contributed by atoms with van der Waals surface area (Å²) < 4.78 is 0.741. The van der Waals surface area contributed by atoms with Crippen LogP contribution in [0.4, 0.5) is 5.69 Å². The van der Waals surface area contributed by atoms with E-state index in [0.29, 0.717) is 12.3 Å². The highest BCUT2D eigenvalue weighted by Crippen LogP contribution is 2.29. The predicted octanol–water partition coefficient (Wildman–Crippen LogP) is 4.49. The fourth-order valence-corrected chi connectivity index (χ4v) is 2.44. The minimum absolute atomic E-state index is 0.327. The van der Waals surface area contributed by atoms with E-state index in [-0.39, 0.29) is 0 Å². The van der Waals surface area contributed by atoms with E-state index in [4.69, 9.17) is 0 Å². The zero-order valence-electron chi connectivity index (χ0n) is 11.2. The van der Waals surface area contributed by atoms with Gasteiger partial charge in [0.2, 0.25) is 0 Å². The molecule has 2 aromatic carbocycles. The largest absolute Gasteiger partial charge is 0.506 e. The third-order valence-corrected chi connectivity index (χ3v) is 3.85. The molecule has 0 aliphatic heterocycles. The number of para-hydroxylation sites is 1. The normalized spacial score (nSPS) is 10.5. The molecule has 0 atom stereocenters. The minimum atomic E-state index is 0.327.